The highest BCUT2D eigenvalue weighted by atomic mass is 16.5. The SMILES string of the molecule is CCO[C@@H]1C[C@H](c2ccccc2)Nc2ccccc21. The molecule has 2 atom stereocenters. The second-order valence-corrected chi connectivity index (χ2v) is 4.87. The van der Waals surface area contributed by atoms with E-state index in [4.69, 9.17) is 4.74 Å². The van der Waals surface area contributed by atoms with Crippen LogP contribution in [0.1, 0.15) is 36.6 Å². The number of anilines is 1. The molecule has 98 valence electrons. The van der Waals surface area contributed by atoms with Crippen molar-refractivity contribution in [3.63, 3.8) is 0 Å². The summed E-state index contributed by atoms with van der Waals surface area (Å²) in [5, 5.41) is 3.62. The van der Waals surface area contributed by atoms with Crippen LogP contribution in [-0.4, -0.2) is 6.61 Å². The van der Waals surface area contributed by atoms with Crippen molar-refractivity contribution in [1.29, 1.82) is 0 Å². The van der Waals surface area contributed by atoms with Gasteiger partial charge in [0.25, 0.3) is 0 Å². The highest BCUT2D eigenvalue weighted by molar-refractivity contribution is 5.56. The van der Waals surface area contributed by atoms with E-state index in [0.29, 0.717) is 6.04 Å². The topological polar surface area (TPSA) is 21.3 Å². The van der Waals surface area contributed by atoms with Crippen LogP contribution in [0.4, 0.5) is 5.69 Å². The molecule has 0 aliphatic carbocycles. The molecule has 2 heteroatoms. The highest BCUT2D eigenvalue weighted by Crippen LogP contribution is 2.40. The monoisotopic (exact) mass is 253 g/mol. The number of hydrogen-bond acceptors (Lipinski definition) is 2. The summed E-state index contributed by atoms with van der Waals surface area (Å²) in [6.45, 7) is 2.81. The molecule has 2 nitrogen and oxygen atoms in total. The van der Waals surface area contributed by atoms with Crippen LogP contribution in [0.3, 0.4) is 0 Å². The van der Waals surface area contributed by atoms with Gasteiger partial charge in [0, 0.05) is 24.3 Å². The molecule has 0 saturated carbocycles. The quantitative estimate of drug-likeness (QED) is 0.879. The average Bonchev–Trinajstić information content (AvgIpc) is 2.48. The van der Waals surface area contributed by atoms with Crippen molar-refractivity contribution in [2.45, 2.75) is 25.5 Å². The number of benzene rings is 2. The molecule has 1 aliphatic heterocycles. The molecule has 1 N–H and O–H groups in total. The third-order valence-electron chi connectivity index (χ3n) is 3.66. The predicted molar refractivity (Wildman–Crippen MR) is 78.2 cm³/mol. The zero-order valence-corrected chi connectivity index (χ0v) is 11.2. The van der Waals surface area contributed by atoms with Crippen LogP contribution in [0.5, 0.6) is 0 Å². The first-order valence-electron chi connectivity index (χ1n) is 6.90. The van der Waals surface area contributed by atoms with E-state index in [-0.39, 0.29) is 6.10 Å². The summed E-state index contributed by atoms with van der Waals surface area (Å²) in [5.74, 6) is 0. The van der Waals surface area contributed by atoms with Crippen LogP contribution < -0.4 is 5.32 Å². The van der Waals surface area contributed by atoms with E-state index < -0.39 is 0 Å². The van der Waals surface area contributed by atoms with Gasteiger partial charge in [-0.25, -0.2) is 0 Å². The van der Waals surface area contributed by atoms with E-state index in [9.17, 15) is 0 Å². The van der Waals surface area contributed by atoms with Crippen molar-refractivity contribution in [1.82, 2.24) is 0 Å². The lowest BCUT2D eigenvalue weighted by Crippen LogP contribution is -2.23. The maximum atomic E-state index is 5.92. The summed E-state index contributed by atoms with van der Waals surface area (Å²) in [6.07, 6.45) is 1.17. The number of nitrogens with one attached hydrogen (secondary N) is 1. The molecule has 19 heavy (non-hydrogen) atoms. The smallest absolute Gasteiger partial charge is 0.0867 e. The first-order chi connectivity index (χ1) is 9.38. The lowest BCUT2D eigenvalue weighted by Gasteiger charge is -2.33. The van der Waals surface area contributed by atoms with Crippen LogP contribution >= 0.6 is 0 Å². The molecule has 1 heterocycles. The molecule has 0 unspecified atom stereocenters. The van der Waals surface area contributed by atoms with Crippen LogP contribution in [-0.2, 0) is 4.74 Å². The van der Waals surface area contributed by atoms with E-state index >= 15 is 0 Å². The summed E-state index contributed by atoms with van der Waals surface area (Å²) < 4.78 is 5.92. The Morgan fingerprint density at radius 1 is 1.05 bits per heavy atom. The van der Waals surface area contributed by atoms with Crippen molar-refractivity contribution in [3.8, 4) is 0 Å². The summed E-state index contributed by atoms with van der Waals surface area (Å²) in [5.41, 5.74) is 3.79. The van der Waals surface area contributed by atoms with Gasteiger partial charge in [-0.3, -0.25) is 0 Å². The van der Waals surface area contributed by atoms with Crippen molar-refractivity contribution < 1.29 is 4.74 Å². The van der Waals surface area contributed by atoms with Crippen molar-refractivity contribution in [3.05, 3.63) is 65.7 Å². The molecular weight excluding hydrogens is 234 g/mol. The number of rotatable bonds is 3. The van der Waals surface area contributed by atoms with E-state index in [1.54, 1.807) is 0 Å². The second-order valence-electron chi connectivity index (χ2n) is 4.87. The third-order valence-corrected chi connectivity index (χ3v) is 3.66. The summed E-state index contributed by atoms with van der Waals surface area (Å²) in [4.78, 5) is 0. The fraction of sp³-hybridized carbons (Fsp3) is 0.294. The summed E-state index contributed by atoms with van der Waals surface area (Å²) in [6, 6.07) is 19.4. The fourth-order valence-electron chi connectivity index (χ4n) is 2.76. The number of ether oxygens (including phenoxy) is 1. The second kappa shape index (κ2) is 5.45. The van der Waals surface area contributed by atoms with Crippen LogP contribution in [0, 0.1) is 0 Å². The van der Waals surface area contributed by atoms with Gasteiger partial charge in [-0.05, 0) is 18.6 Å². The van der Waals surface area contributed by atoms with Crippen LogP contribution in [0.25, 0.3) is 0 Å². The standard InChI is InChI=1S/C17H19NO/c1-2-19-17-12-16(13-8-4-3-5-9-13)18-15-11-7-6-10-14(15)17/h3-11,16-18H,2,12H2,1H3/t16-,17-/m1/s1. The van der Waals surface area contributed by atoms with Gasteiger partial charge in [0.15, 0.2) is 0 Å². The number of para-hydroxylation sites is 1. The molecule has 0 fully saturated rings. The zero-order valence-electron chi connectivity index (χ0n) is 11.2. The highest BCUT2D eigenvalue weighted by Gasteiger charge is 2.27. The normalized spacial score (nSPS) is 21.5. The molecule has 2 aromatic rings. The van der Waals surface area contributed by atoms with Crippen molar-refractivity contribution in [2.75, 3.05) is 11.9 Å². The lowest BCUT2D eigenvalue weighted by molar-refractivity contribution is 0.0499. The predicted octanol–water partition coefficient (Wildman–Crippen LogP) is 4.32. The fourth-order valence-corrected chi connectivity index (χ4v) is 2.76. The molecule has 0 amide bonds. The Hall–Kier alpha value is -1.80. The third kappa shape index (κ3) is 2.49. The van der Waals surface area contributed by atoms with Gasteiger partial charge in [0.2, 0.25) is 0 Å². The lowest BCUT2D eigenvalue weighted by atomic mass is 9.91. The Balaban J connectivity index is 1.92. The minimum Gasteiger partial charge on any atom is -0.378 e. The molecule has 2 aromatic carbocycles. The minimum atomic E-state index is 0.188. The van der Waals surface area contributed by atoms with Gasteiger partial charge < -0.3 is 10.1 Å². The summed E-state index contributed by atoms with van der Waals surface area (Å²) >= 11 is 0. The molecule has 0 bridgehead atoms. The Labute approximate surface area is 114 Å². The van der Waals surface area contributed by atoms with Crippen molar-refractivity contribution in [2.24, 2.45) is 0 Å². The Morgan fingerprint density at radius 3 is 2.58 bits per heavy atom. The molecule has 0 aromatic heterocycles. The molecular formula is C17H19NO. The maximum Gasteiger partial charge on any atom is 0.0867 e. The van der Waals surface area contributed by atoms with Crippen LogP contribution in [0.2, 0.25) is 0 Å². The average molecular weight is 253 g/mol. The number of fused-ring (bicyclic) bond motifs is 1. The first-order valence-corrected chi connectivity index (χ1v) is 6.90. The van der Waals surface area contributed by atoms with E-state index in [0.717, 1.165) is 13.0 Å². The van der Waals surface area contributed by atoms with Gasteiger partial charge in [-0.1, -0.05) is 48.5 Å². The van der Waals surface area contributed by atoms with E-state index in [1.807, 2.05) is 0 Å². The van der Waals surface area contributed by atoms with Gasteiger partial charge in [0.1, 0.15) is 0 Å². The van der Waals surface area contributed by atoms with Gasteiger partial charge in [-0.2, -0.15) is 0 Å². The van der Waals surface area contributed by atoms with E-state index in [1.165, 1.54) is 16.8 Å². The molecule has 0 radical (unpaired) electrons. The molecule has 0 spiro atoms. The molecule has 1 aliphatic rings. The van der Waals surface area contributed by atoms with E-state index in [2.05, 4.69) is 66.8 Å². The van der Waals surface area contributed by atoms with Gasteiger partial charge >= 0.3 is 0 Å². The summed E-state index contributed by atoms with van der Waals surface area (Å²) in [7, 11) is 0. The minimum absolute atomic E-state index is 0.188. The molecule has 3 rings (SSSR count). The molecule has 0 saturated heterocycles. The Bertz CT molecular complexity index is 538. The largest absolute Gasteiger partial charge is 0.378 e. The zero-order chi connectivity index (χ0) is 13.1. The Kier molecular flexibility index (Phi) is 3.51. The maximum absolute atomic E-state index is 5.92. The number of hydrogen-bond donors (Lipinski definition) is 1. The van der Waals surface area contributed by atoms with Crippen molar-refractivity contribution >= 4 is 5.69 Å². The first kappa shape index (κ1) is 12.2. The van der Waals surface area contributed by atoms with Gasteiger partial charge in [0.05, 0.1) is 12.1 Å². The van der Waals surface area contributed by atoms with Crippen LogP contribution in [0.15, 0.2) is 54.6 Å². The van der Waals surface area contributed by atoms with Gasteiger partial charge in [-0.15, -0.1) is 0 Å². The Morgan fingerprint density at radius 2 is 1.79 bits per heavy atom.